The van der Waals surface area contributed by atoms with Crippen molar-refractivity contribution in [2.24, 2.45) is 11.7 Å². The molecular formula is C16H21N3OS. The maximum Gasteiger partial charge on any atom is 0.258 e. The van der Waals surface area contributed by atoms with E-state index < -0.39 is 0 Å². The molecule has 0 saturated heterocycles. The Bertz CT molecular complexity index is 697. The van der Waals surface area contributed by atoms with Crippen LogP contribution in [0.4, 0.5) is 0 Å². The zero-order valence-electron chi connectivity index (χ0n) is 12.3. The second-order valence-corrected chi connectivity index (χ2v) is 7.12. The normalized spacial score (nSPS) is 22.0. The number of fused-ring (bicyclic) bond motifs is 1. The average molecular weight is 303 g/mol. The van der Waals surface area contributed by atoms with Gasteiger partial charge in [0, 0.05) is 5.25 Å². The van der Waals surface area contributed by atoms with Gasteiger partial charge in [-0.15, -0.1) is 0 Å². The number of nitrogens with one attached hydrogen (secondary N) is 1. The summed E-state index contributed by atoms with van der Waals surface area (Å²) in [5, 5.41) is 1.32. The van der Waals surface area contributed by atoms with Crippen molar-refractivity contribution in [3.8, 4) is 0 Å². The van der Waals surface area contributed by atoms with Crippen molar-refractivity contribution in [2.45, 2.75) is 37.2 Å². The van der Waals surface area contributed by atoms with Crippen LogP contribution in [0.1, 0.15) is 30.7 Å². The van der Waals surface area contributed by atoms with Crippen molar-refractivity contribution < 1.29 is 0 Å². The molecule has 3 N–H and O–H groups in total. The monoisotopic (exact) mass is 303 g/mol. The predicted octanol–water partition coefficient (Wildman–Crippen LogP) is 2.59. The highest BCUT2D eigenvalue weighted by Gasteiger charge is 2.24. The van der Waals surface area contributed by atoms with Crippen LogP contribution in [-0.2, 0) is 5.75 Å². The molecule has 1 saturated carbocycles. The fourth-order valence-electron chi connectivity index (χ4n) is 3.01. The van der Waals surface area contributed by atoms with Gasteiger partial charge in [-0.3, -0.25) is 4.79 Å². The van der Waals surface area contributed by atoms with E-state index in [1.165, 1.54) is 19.3 Å². The molecule has 2 unspecified atom stereocenters. The molecule has 4 nitrogen and oxygen atoms in total. The zero-order valence-corrected chi connectivity index (χ0v) is 13.1. The van der Waals surface area contributed by atoms with Crippen LogP contribution in [0.25, 0.3) is 10.9 Å². The van der Waals surface area contributed by atoms with Gasteiger partial charge in [0.2, 0.25) is 0 Å². The average Bonchev–Trinajstić information content (AvgIpc) is 2.94. The van der Waals surface area contributed by atoms with Crippen molar-refractivity contribution in [3.05, 3.63) is 39.9 Å². The summed E-state index contributed by atoms with van der Waals surface area (Å²) in [5.74, 6) is 2.22. The standard InChI is InChI=1S/C16H21N3OS/c1-10-3-2-4-13-15(10)18-14(19-16(13)20)9-21-12-6-5-11(7-12)8-17/h2-4,11-12H,5-9,17H2,1H3,(H,18,19,20). The molecule has 112 valence electrons. The number of aromatic amines is 1. The Morgan fingerprint density at radius 1 is 1.43 bits per heavy atom. The van der Waals surface area contributed by atoms with E-state index >= 15 is 0 Å². The molecule has 0 radical (unpaired) electrons. The largest absolute Gasteiger partial charge is 0.330 e. The third-order valence-electron chi connectivity index (χ3n) is 4.27. The van der Waals surface area contributed by atoms with Crippen LogP contribution in [0, 0.1) is 12.8 Å². The number of para-hydroxylation sites is 1. The molecule has 3 rings (SSSR count). The summed E-state index contributed by atoms with van der Waals surface area (Å²) < 4.78 is 0. The molecule has 0 bridgehead atoms. The number of nitrogens with two attached hydrogens (primary N) is 1. The molecule has 1 aliphatic carbocycles. The van der Waals surface area contributed by atoms with E-state index in [9.17, 15) is 4.79 Å². The first-order chi connectivity index (χ1) is 10.2. The van der Waals surface area contributed by atoms with Crippen molar-refractivity contribution in [2.75, 3.05) is 6.54 Å². The highest BCUT2D eigenvalue weighted by Crippen LogP contribution is 2.34. The first-order valence-electron chi connectivity index (χ1n) is 7.47. The van der Waals surface area contributed by atoms with Gasteiger partial charge in [0.1, 0.15) is 5.82 Å². The van der Waals surface area contributed by atoms with E-state index in [0.29, 0.717) is 16.6 Å². The Morgan fingerprint density at radius 3 is 3.05 bits per heavy atom. The van der Waals surface area contributed by atoms with E-state index in [2.05, 4.69) is 9.97 Å². The highest BCUT2D eigenvalue weighted by atomic mass is 32.2. The van der Waals surface area contributed by atoms with E-state index in [-0.39, 0.29) is 5.56 Å². The van der Waals surface area contributed by atoms with E-state index in [1.54, 1.807) is 0 Å². The maximum absolute atomic E-state index is 12.1. The van der Waals surface area contributed by atoms with Gasteiger partial charge in [0.05, 0.1) is 16.7 Å². The lowest BCUT2D eigenvalue weighted by Gasteiger charge is -2.10. The fourth-order valence-corrected chi connectivity index (χ4v) is 4.25. The minimum absolute atomic E-state index is 0.0365. The molecular weight excluding hydrogens is 282 g/mol. The first-order valence-corrected chi connectivity index (χ1v) is 8.52. The van der Waals surface area contributed by atoms with Gasteiger partial charge < -0.3 is 10.7 Å². The zero-order chi connectivity index (χ0) is 14.8. The van der Waals surface area contributed by atoms with Crippen molar-refractivity contribution in [1.82, 2.24) is 9.97 Å². The lowest BCUT2D eigenvalue weighted by Crippen LogP contribution is -2.13. The van der Waals surface area contributed by atoms with Gasteiger partial charge in [-0.25, -0.2) is 4.98 Å². The molecule has 1 aromatic carbocycles. The van der Waals surface area contributed by atoms with Crippen molar-refractivity contribution in [3.63, 3.8) is 0 Å². The van der Waals surface area contributed by atoms with Gasteiger partial charge in [-0.2, -0.15) is 11.8 Å². The summed E-state index contributed by atoms with van der Waals surface area (Å²) in [4.78, 5) is 19.7. The van der Waals surface area contributed by atoms with Crippen molar-refractivity contribution in [1.29, 1.82) is 0 Å². The van der Waals surface area contributed by atoms with E-state index in [4.69, 9.17) is 5.73 Å². The number of hydrogen-bond donors (Lipinski definition) is 2. The van der Waals surface area contributed by atoms with Gasteiger partial charge in [0.25, 0.3) is 5.56 Å². The quantitative estimate of drug-likeness (QED) is 0.910. The van der Waals surface area contributed by atoms with Crippen LogP contribution in [0.5, 0.6) is 0 Å². The minimum atomic E-state index is -0.0365. The van der Waals surface area contributed by atoms with Crippen LogP contribution < -0.4 is 11.3 Å². The van der Waals surface area contributed by atoms with Crippen LogP contribution in [0.3, 0.4) is 0 Å². The maximum atomic E-state index is 12.1. The van der Waals surface area contributed by atoms with Gasteiger partial charge in [-0.1, -0.05) is 12.1 Å². The number of rotatable bonds is 4. The Kier molecular flexibility index (Phi) is 4.31. The molecule has 0 amide bonds. The molecule has 1 fully saturated rings. The van der Waals surface area contributed by atoms with Gasteiger partial charge >= 0.3 is 0 Å². The number of benzene rings is 1. The first kappa shape index (κ1) is 14.6. The molecule has 1 aromatic heterocycles. The Labute approximate surface area is 128 Å². The summed E-state index contributed by atoms with van der Waals surface area (Å²) in [6.45, 7) is 2.79. The topological polar surface area (TPSA) is 71.8 Å². The molecule has 2 atom stereocenters. The Hall–Kier alpha value is -1.33. The third kappa shape index (κ3) is 3.14. The predicted molar refractivity (Wildman–Crippen MR) is 88.6 cm³/mol. The SMILES string of the molecule is Cc1cccc2c(=O)[nH]c(CSC3CCC(CN)C3)nc12. The third-order valence-corrected chi connectivity index (χ3v) is 5.61. The summed E-state index contributed by atoms with van der Waals surface area (Å²) >= 11 is 1.89. The van der Waals surface area contributed by atoms with Gasteiger partial charge in [0.15, 0.2) is 0 Å². The van der Waals surface area contributed by atoms with E-state index in [0.717, 1.165) is 29.2 Å². The van der Waals surface area contributed by atoms with Gasteiger partial charge in [-0.05, 0) is 50.3 Å². The second kappa shape index (κ2) is 6.20. The van der Waals surface area contributed by atoms with Crippen LogP contribution >= 0.6 is 11.8 Å². The lowest BCUT2D eigenvalue weighted by molar-refractivity contribution is 0.563. The lowest BCUT2D eigenvalue weighted by atomic mass is 10.1. The highest BCUT2D eigenvalue weighted by molar-refractivity contribution is 7.99. The fraction of sp³-hybridized carbons (Fsp3) is 0.500. The molecule has 0 aliphatic heterocycles. The minimum Gasteiger partial charge on any atom is -0.330 e. The number of aromatic nitrogens is 2. The Morgan fingerprint density at radius 2 is 2.29 bits per heavy atom. The van der Waals surface area contributed by atoms with E-state index in [1.807, 2.05) is 36.9 Å². The number of aryl methyl sites for hydroxylation is 1. The molecule has 0 spiro atoms. The summed E-state index contributed by atoms with van der Waals surface area (Å²) in [6, 6.07) is 5.72. The molecule has 21 heavy (non-hydrogen) atoms. The second-order valence-electron chi connectivity index (χ2n) is 5.83. The molecule has 1 heterocycles. The molecule has 2 aromatic rings. The summed E-state index contributed by atoms with van der Waals surface area (Å²) in [6.07, 6.45) is 3.65. The summed E-state index contributed by atoms with van der Waals surface area (Å²) in [7, 11) is 0. The van der Waals surface area contributed by atoms with Crippen molar-refractivity contribution >= 4 is 22.7 Å². The number of H-pyrrole nitrogens is 1. The van der Waals surface area contributed by atoms with Crippen LogP contribution in [0.2, 0.25) is 0 Å². The molecule has 1 aliphatic rings. The number of nitrogens with zero attached hydrogens (tertiary/aromatic N) is 1. The number of hydrogen-bond acceptors (Lipinski definition) is 4. The van der Waals surface area contributed by atoms with Crippen LogP contribution in [0.15, 0.2) is 23.0 Å². The molecule has 5 heteroatoms. The summed E-state index contributed by atoms with van der Waals surface area (Å²) in [5.41, 5.74) is 7.57. The number of thioether (sulfide) groups is 1. The van der Waals surface area contributed by atoms with Crippen LogP contribution in [-0.4, -0.2) is 21.8 Å². The smallest absolute Gasteiger partial charge is 0.258 e. The Balaban J connectivity index is 1.76.